The first kappa shape index (κ1) is 14.2. The first-order chi connectivity index (χ1) is 10.2. The molecule has 0 bridgehead atoms. The molecule has 0 aromatic carbocycles. The second-order valence-corrected chi connectivity index (χ2v) is 5.71. The van der Waals surface area contributed by atoms with Gasteiger partial charge in [0, 0.05) is 44.9 Å². The van der Waals surface area contributed by atoms with Crippen molar-refractivity contribution in [1.82, 2.24) is 30.1 Å². The van der Waals surface area contributed by atoms with Crippen molar-refractivity contribution in [2.75, 3.05) is 13.1 Å². The summed E-state index contributed by atoms with van der Waals surface area (Å²) in [6, 6.07) is 0.506. The van der Waals surface area contributed by atoms with Crippen molar-refractivity contribution >= 4 is 0 Å². The monoisotopic (exact) mass is 290 g/mol. The van der Waals surface area contributed by atoms with Crippen LogP contribution in [-0.2, 0) is 20.1 Å². The van der Waals surface area contributed by atoms with Gasteiger partial charge in [0.05, 0.1) is 12.7 Å². The van der Waals surface area contributed by atoms with Crippen molar-refractivity contribution in [3.8, 4) is 0 Å². The number of piperidine rings is 1. The lowest BCUT2D eigenvalue weighted by molar-refractivity contribution is 0.177. The second kappa shape index (κ2) is 6.36. The molecule has 1 atom stereocenters. The molecule has 2 aromatic heterocycles. The minimum atomic E-state index is 0.506. The number of nitrogens with one attached hydrogen (secondary N) is 1. The summed E-state index contributed by atoms with van der Waals surface area (Å²) in [5.74, 6) is 1.41. The summed E-state index contributed by atoms with van der Waals surface area (Å²) in [7, 11) is 1.94. The Hall–Kier alpha value is -1.73. The summed E-state index contributed by atoms with van der Waals surface area (Å²) in [6.45, 7) is 5.58. The largest absolute Gasteiger partial charge is 0.340 e. The van der Waals surface area contributed by atoms with E-state index in [0.29, 0.717) is 11.9 Å². The summed E-state index contributed by atoms with van der Waals surface area (Å²) in [4.78, 5) is 6.66. The van der Waals surface area contributed by atoms with Gasteiger partial charge in [0.15, 0.2) is 5.82 Å². The molecule has 3 heterocycles. The number of hydrogen-bond donors (Lipinski definition) is 1. The molecule has 0 radical (unpaired) electrons. The van der Waals surface area contributed by atoms with Crippen LogP contribution < -0.4 is 5.32 Å². The quantitative estimate of drug-likeness (QED) is 0.881. The summed E-state index contributed by atoms with van der Waals surface area (Å²) in [6.07, 6.45) is 6.37. The molecule has 1 N–H and O–H groups in total. The fourth-order valence-electron chi connectivity index (χ4n) is 2.80. The van der Waals surface area contributed by atoms with Gasteiger partial charge >= 0.3 is 0 Å². The smallest absolute Gasteiger partial charge is 0.223 e. The van der Waals surface area contributed by atoms with Gasteiger partial charge in [0.25, 0.3) is 0 Å². The van der Waals surface area contributed by atoms with Crippen molar-refractivity contribution in [3.63, 3.8) is 0 Å². The zero-order chi connectivity index (χ0) is 14.7. The minimum Gasteiger partial charge on any atom is -0.340 e. The van der Waals surface area contributed by atoms with Gasteiger partial charge in [-0.05, 0) is 19.4 Å². The zero-order valence-electron chi connectivity index (χ0n) is 12.6. The highest BCUT2D eigenvalue weighted by Crippen LogP contribution is 2.13. The van der Waals surface area contributed by atoms with E-state index in [2.05, 4.69) is 31.7 Å². The Morgan fingerprint density at radius 3 is 3.10 bits per heavy atom. The summed E-state index contributed by atoms with van der Waals surface area (Å²) >= 11 is 0. The van der Waals surface area contributed by atoms with Gasteiger partial charge in [-0.3, -0.25) is 9.58 Å². The highest BCUT2D eigenvalue weighted by Gasteiger charge is 2.21. The van der Waals surface area contributed by atoms with Gasteiger partial charge in [-0.2, -0.15) is 10.1 Å². The molecule has 0 amide bonds. The predicted octanol–water partition coefficient (Wildman–Crippen LogP) is 0.866. The Labute approximate surface area is 124 Å². The average molecular weight is 290 g/mol. The van der Waals surface area contributed by atoms with Gasteiger partial charge in [-0.25, -0.2) is 0 Å². The number of likely N-dealkylation sites (tertiary alicyclic amines) is 1. The first-order valence-electron chi connectivity index (χ1n) is 7.41. The maximum absolute atomic E-state index is 5.03. The van der Waals surface area contributed by atoms with E-state index in [-0.39, 0.29) is 0 Å². The molecule has 7 heteroatoms. The standard InChI is InChI=1S/C14H22N6O/c1-11-17-14(18-21-11)10-20-5-3-4-13(9-20)15-6-12-7-16-19(2)8-12/h7-8,13,15H,3-6,9-10H2,1-2H3/t13-/m0/s1. The van der Waals surface area contributed by atoms with E-state index in [4.69, 9.17) is 4.52 Å². The molecule has 0 unspecified atom stereocenters. The first-order valence-corrected chi connectivity index (χ1v) is 7.41. The highest BCUT2D eigenvalue weighted by molar-refractivity contribution is 5.03. The fourth-order valence-corrected chi connectivity index (χ4v) is 2.80. The van der Waals surface area contributed by atoms with E-state index in [9.17, 15) is 0 Å². The third kappa shape index (κ3) is 3.89. The highest BCUT2D eigenvalue weighted by atomic mass is 16.5. The van der Waals surface area contributed by atoms with Crippen molar-refractivity contribution in [3.05, 3.63) is 29.7 Å². The van der Waals surface area contributed by atoms with Gasteiger partial charge in [-0.1, -0.05) is 5.16 Å². The number of aromatic nitrogens is 4. The van der Waals surface area contributed by atoms with Crippen LogP contribution in [0.5, 0.6) is 0 Å². The van der Waals surface area contributed by atoms with Crippen molar-refractivity contribution < 1.29 is 4.52 Å². The molecule has 21 heavy (non-hydrogen) atoms. The molecule has 1 aliphatic rings. The van der Waals surface area contributed by atoms with Crippen LogP contribution in [0.25, 0.3) is 0 Å². The van der Waals surface area contributed by atoms with E-state index in [1.807, 2.05) is 24.9 Å². The van der Waals surface area contributed by atoms with Gasteiger partial charge in [0.2, 0.25) is 5.89 Å². The van der Waals surface area contributed by atoms with Crippen molar-refractivity contribution in [1.29, 1.82) is 0 Å². The Morgan fingerprint density at radius 1 is 1.48 bits per heavy atom. The molecule has 3 rings (SSSR count). The van der Waals surface area contributed by atoms with Crippen LogP contribution in [0.15, 0.2) is 16.9 Å². The lowest BCUT2D eigenvalue weighted by atomic mass is 10.1. The molecule has 114 valence electrons. The van der Waals surface area contributed by atoms with E-state index in [0.717, 1.165) is 32.0 Å². The van der Waals surface area contributed by atoms with Gasteiger partial charge < -0.3 is 9.84 Å². The maximum Gasteiger partial charge on any atom is 0.223 e. The third-order valence-corrected chi connectivity index (χ3v) is 3.79. The minimum absolute atomic E-state index is 0.506. The zero-order valence-corrected chi connectivity index (χ0v) is 12.6. The number of aryl methyl sites for hydroxylation is 2. The second-order valence-electron chi connectivity index (χ2n) is 5.71. The Kier molecular flexibility index (Phi) is 4.31. The van der Waals surface area contributed by atoms with Crippen LogP contribution in [0.3, 0.4) is 0 Å². The molecule has 1 fully saturated rings. The molecular weight excluding hydrogens is 268 g/mol. The molecule has 1 saturated heterocycles. The normalized spacial score (nSPS) is 20.0. The number of nitrogens with zero attached hydrogens (tertiary/aromatic N) is 5. The summed E-state index contributed by atoms with van der Waals surface area (Å²) in [5, 5.41) is 11.8. The maximum atomic E-state index is 5.03. The molecule has 7 nitrogen and oxygen atoms in total. The number of rotatable bonds is 5. The van der Waals surface area contributed by atoms with E-state index >= 15 is 0 Å². The van der Waals surface area contributed by atoms with Crippen LogP contribution in [0.4, 0.5) is 0 Å². The van der Waals surface area contributed by atoms with Crippen LogP contribution in [0.2, 0.25) is 0 Å². The Morgan fingerprint density at radius 2 is 2.38 bits per heavy atom. The van der Waals surface area contributed by atoms with E-state index in [1.165, 1.54) is 18.4 Å². The molecule has 1 aliphatic heterocycles. The summed E-state index contributed by atoms with van der Waals surface area (Å²) in [5.41, 5.74) is 1.23. The lowest BCUT2D eigenvalue weighted by Crippen LogP contribution is -2.45. The average Bonchev–Trinajstić information content (AvgIpc) is 3.06. The molecule has 0 aliphatic carbocycles. The van der Waals surface area contributed by atoms with Crippen molar-refractivity contribution in [2.24, 2.45) is 7.05 Å². The van der Waals surface area contributed by atoms with Crippen LogP contribution in [0.1, 0.15) is 30.1 Å². The molecular formula is C14H22N6O. The topological polar surface area (TPSA) is 72.0 Å². The van der Waals surface area contributed by atoms with Crippen LogP contribution >= 0.6 is 0 Å². The van der Waals surface area contributed by atoms with Crippen molar-refractivity contribution in [2.45, 2.75) is 38.9 Å². The summed E-state index contributed by atoms with van der Waals surface area (Å²) < 4.78 is 6.86. The SMILES string of the molecule is Cc1nc(CN2CCC[C@H](NCc3cnn(C)c3)C2)no1. The predicted molar refractivity (Wildman–Crippen MR) is 77.4 cm³/mol. The number of hydrogen-bond acceptors (Lipinski definition) is 6. The fraction of sp³-hybridized carbons (Fsp3) is 0.643. The van der Waals surface area contributed by atoms with Crippen LogP contribution in [-0.4, -0.2) is 44.0 Å². The van der Waals surface area contributed by atoms with Gasteiger partial charge in [-0.15, -0.1) is 0 Å². The Balaban J connectivity index is 1.48. The van der Waals surface area contributed by atoms with Gasteiger partial charge in [0.1, 0.15) is 0 Å². The molecule has 0 saturated carbocycles. The van der Waals surface area contributed by atoms with E-state index < -0.39 is 0 Å². The van der Waals surface area contributed by atoms with Crippen LogP contribution in [0, 0.1) is 6.92 Å². The van der Waals surface area contributed by atoms with E-state index in [1.54, 1.807) is 0 Å². The Bertz CT molecular complexity index is 578. The third-order valence-electron chi connectivity index (χ3n) is 3.79. The molecule has 2 aromatic rings. The lowest BCUT2D eigenvalue weighted by Gasteiger charge is -2.32. The molecule has 0 spiro atoms.